The predicted molar refractivity (Wildman–Crippen MR) is 64.8 cm³/mol. The van der Waals surface area contributed by atoms with Gasteiger partial charge in [0.25, 0.3) is 0 Å². The van der Waals surface area contributed by atoms with E-state index in [4.69, 9.17) is 0 Å². The highest BCUT2D eigenvalue weighted by Crippen LogP contribution is 2.35. The van der Waals surface area contributed by atoms with Crippen LogP contribution in [0.5, 0.6) is 0 Å². The highest BCUT2D eigenvalue weighted by atomic mass is 32.1. The Morgan fingerprint density at radius 2 is 2.00 bits per heavy atom. The van der Waals surface area contributed by atoms with E-state index in [9.17, 15) is 4.79 Å². The van der Waals surface area contributed by atoms with Gasteiger partial charge in [0.2, 0.25) is 0 Å². The van der Waals surface area contributed by atoms with Gasteiger partial charge in [0, 0.05) is 22.8 Å². The molecule has 2 heterocycles. The van der Waals surface area contributed by atoms with Crippen molar-refractivity contribution in [2.45, 2.75) is 19.8 Å². The number of carbonyl (C=O) groups excluding carboxylic acids is 1. The fraction of sp³-hybridized carbons (Fsp3) is 0.250. The molecule has 0 aliphatic heterocycles. The number of aromatic nitrogens is 2. The third kappa shape index (κ3) is 2.02. The van der Waals surface area contributed by atoms with Crippen LogP contribution in [0.15, 0.2) is 24.8 Å². The maximum absolute atomic E-state index is 10.8. The first kappa shape index (κ1) is 11.0. The van der Waals surface area contributed by atoms with Crippen LogP contribution in [-0.2, 0) is 0 Å². The van der Waals surface area contributed by atoms with Gasteiger partial charge in [-0.05, 0) is 17.5 Å². The molecule has 0 atom stereocenters. The van der Waals surface area contributed by atoms with Crippen LogP contribution >= 0.6 is 11.3 Å². The van der Waals surface area contributed by atoms with Crippen molar-refractivity contribution >= 4 is 17.6 Å². The number of rotatable bonds is 3. The van der Waals surface area contributed by atoms with Gasteiger partial charge in [0.1, 0.15) is 6.33 Å². The number of aldehydes is 1. The summed E-state index contributed by atoms with van der Waals surface area (Å²) in [5.41, 5.74) is 2.04. The molecule has 0 amide bonds. The Kier molecular flexibility index (Phi) is 3.10. The lowest BCUT2D eigenvalue weighted by Gasteiger charge is -2.05. The summed E-state index contributed by atoms with van der Waals surface area (Å²) < 4.78 is 0. The normalized spacial score (nSPS) is 10.7. The second-order valence-corrected chi connectivity index (χ2v) is 4.94. The average molecular weight is 232 g/mol. The van der Waals surface area contributed by atoms with Crippen molar-refractivity contribution in [3.63, 3.8) is 0 Å². The number of hydrogen-bond donors (Lipinski definition) is 0. The molecule has 0 unspecified atom stereocenters. The summed E-state index contributed by atoms with van der Waals surface area (Å²) in [6.45, 7) is 4.24. The van der Waals surface area contributed by atoms with Crippen molar-refractivity contribution in [3.8, 4) is 11.1 Å². The molecule has 0 aliphatic carbocycles. The highest BCUT2D eigenvalue weighted by Gasteiger charge is 2.13. The van der Waals surface area contributed by atoms with Gasteiger partial charge in [-0.2, -0.15) is 0 Å². The van der Waals surface area contributed by atoms with Gasteiger partial charge >= 0.3 is 0 Å². The number of thiophene rings is 1. The standard InChI is InChI=1S/C12H12N2OS/c1-8(2)12-11(3-10(6-15)16-12)9-4-13-7-14-5-9/h3-8H,1-2H3. The van der Waals surface area contributed by atoms with Gasteiger partial charge in [0.15, 0.2) is 6.29 Å². The monoisotopic (exact) mass is 232 g/mol. The summed E-state index contributed by atoms with van der Waals surface area (Å²) >= 11 is 1.54. The van der Waals surface area contributed by atoms with E-state index in [0.29, 0.717) is 5.92 Å². The van der Waals surface area contributed by atoms with E-state index < -0.39 is 0 Å². The van der Waals surface area contributed by atoms with Gasteiger partial charge in [-0.3, -0.25) is 4.79 Å². The number of hydrogen-bond acceptors (Lipinski definition) is 4. The lowest BCUT2D eigenvalue weighted by atomic mass is 10.0. The van der Waals surface area contributed by atoms with Crippen molar-refractivity contribution in [1.82, 2.24) is 9.97 Å². The minimum atomic E-state index is 0.397. The average Bonchev–Trinajstić information content (AvgIpc) is 2.74. The van der Waals surface area contributed by atoms with E-state index in [1.165, 1.54) is 22.5 Å². The molecule has 2 aromatic heterocycles. The number of nitrogens with zero attached hydrogens (tertiary/aromatic N) is 2. The molecule has 2 rings (SSSR count). The van der Waals surface area contributed by atoms with Gasteiger partial charge in [-0.25, -0.2) is 9.97 Å². The Balaban J connectivity index is 2.55. The van der Waals surface area contributed by atoms with E-state index in [1.54, 1.807) is 12.4 Å². The SMILES string of the molecule is CC(C)c1sc(C=O)cc1-c1cncnc1. The minimum absolute atomic E-state index is 0.397. The van der Waals surface area contributed by atoms with Gasteiger partial charge in [-0.15, -0.1) is 11.3 Å². The third-order valence-electron chi connectivity index (χ3n) is 2.29. The van der Waals surface area contributed by atoms with Crippen LogP contribution in [0, 0.1) is 0 Å². The second-order valence-electron chi connectivity index (χ2n) is 3.83. The second kappa shape index (κ2) is 4.53. The lowest BCUT2D eigenvalue weighted by molar-refractivity contribution is 0.112. The van der Waals surface area contributed by atoms with Crippen molar-refractivity contribution < 1.29 is 4.79 Å². The quantitative estimate of drug-likeness (QED) is 0.763. The predicted octanol–water partition coefficient (Wildman–Crippen LogP) is 3.14. The van der Waals surface area contributed by atoms with Gasteiger partial charge in [-0.1, -0.05) is 13.8 Å². The van der Waals surface area contributed by atoms with Crippen LogP contribution in [0.2, 0.25) is 0 Å². The fourth-order valence-electron chi connectivity index (χ4n) is 1.58. The largest absolute Gasteiger partial charge is 0.297 e. The first-order valence-electron chi connectivity index (χ1n) is 5.06. The summed E-state index contributed by atoms with van der Waals surface area (Å²) in [6, 6.07) is 1.91. The van der Waals surface area contributed by atoms with Gasteiger partial charge in [0.05, 0.1) is 4.88 Å². The van der Waals surface area contributed by atoms with Crippen LogP contribution in [0.4, 0.5) is 0 Å². The Bertz CT molecular complexity index is 491. The fourth-order valence-corrected chi connectivity index (χ4v) is 2.58. The summed E-state index contributed by atoms with van der Waals surface area (Å²) in [5, 5.41) is 0. The smallest absolute Gasteiger partial charge is 0.160 e. The van der Waals surface area contributed by atoms with Crippen LogP contribution in [-0.4, -0.2) is 16.3 Å². The zero-order valence-electron chi connectivity index (χ0n) is 9.18. The highest BCUT2D eigenvalue weighted by molar-refractivity contribution is 7.14. The van der Waals surface area contributed by atoms with Crippen molar-refractivity contribution in [1.29, 1.82) is 0 Å². The Morgan fingerprint density at radius 1 is 1.31 bits per heavy atom. The molecule has 0 fully saturated rings. The number of carbonyl (C=O) groups is 1. The van der Waals surface area contributed by atoms with E-state index in [0.717, 1.165) is 22.3 Å². The molecule has 0 radical (unpaired) electrons. The molecular weight excluding hydrogens is 220 g/mol. The zero-order valence-corrected chi connectivity index (χ0v) is 9.99. The Labute approximate surface area is 98.2 Å². The Hall–Kier alpha value is -1.55. The Morgan fingerprint density at radius 3 is 2.56 bits per heavy atom. The van der Waals surface area contributed by atoms with Crippen LogP contribution < -0.4 is 0 Å². The van der Waals surface area contributed by atoms with Crippen LogP contribution in [0.1, 0.15) is 34.3 Å². The molecule has 3 nitrogen and oxygen atoms in total. The summed E-state index contributed by atoms with van der Waals surface area (Å²) in [7, 11) is 0. The molecule has 0 N–H and O–H groups in total. The summed E-state index contributed by atoms with van der Waals surface area (Å²) in [6.07, 6.45) is 5.94. The molecule has 0 spiro atoms. The maximum atomic E-state index is 10.8. The minimum Gasteiger partial charge on any atom is -0.297 e. The van der Waals surface area contributed by atoms with E-state index in [2.05, 4.69) is 23.8 Å². The molecular formula is C12H12N2OS. The first-order valence-corrected chi connectivity index (χ1v) is 5.88. The molecule has 0 aromatic carbocycles. The van der Waals surface area contributed by atoms with E-state index in [1.807, 2.05) is 6.07 Å². The topological polar surface area (TPSA) is 42.9 Å². The molecule has 0 saturated carbocycles. The molecule has 0 saturated heterocycles. The molecule has 2 aromatic rings. The maximum Gasteiger partial charge on any atom is 0.160 e. The van der Waals surface area contributed by atoms with Crippen molar-refractivity contribution in [3.05, 3.63) is 34.5 Å². The summed E-state index contributed by atoms with van der Waals surface area (Å²) in [5.74, 6) is 0.397. The third-order valence-corrected chi connectivity index (χ3v) is 3.65. The lowest BCUT2D eigenvalue weighted by Crippen LogP contribution is -1.87. The van der Waals surface area contributed by atoms with E-state index >= 15 is 0 Å². The molecule has 16 heavy (non-hydrogen) atoms. The van der Waals surface area contributed by atoms with Gasteiger partial charge < -0.3 is 0 Å². The zero-order chi connectivity index (χ0) is 11.5. The molecule has 0 bridgehead atoms. The molecule has 4 heteroatoms. The van der Waals surface area contributed by atoms with Crippen molar-refractivity contribution in [2.75, 3.05) is 0 Å². The van der Waals surface area contributed by atoms with E-state index in [-0.39, 0.29) is 0 Å². The van der Waals surface area contributed by atoms with Crippen LogP contribution in [0.25, 0.3) is 11.1 Å². The first-order chi connectivity index (χ1) is 7.72. The van der Waals surface area contributed by atoms with Crippen LogP contribution in [0.3, 0.4) is 0 Å². The summed E-state index contributed by atoms with van der Waals surface area (Å²) in [4.78, 5) is 20.8. The molecule has 0 aliphatic rings. The molecule has 82 valence electrons. The van der Waals surface area contributed by atoms with Crippen molar-refractivity contribution in [2.24, 2.45) is 0 Å².